The van der Waals surface area contributed by atoms with Crippen molar-refractivity contribution in [1.82, 2.24) is 0 Å². The molecule has 0 radical (unpaired) electrons. The molecular formula is C38H56O7. The van der Waals surface area contributed by atoms with Gasteiger partial charge in [-0.25, -0.2) is 9.59 Å². The van der Waals surface area contributed by atoms with Crippen molar-refractivity contribution in [3.8, 4) is 0 Å². The third-order valence-corrected chi connectivity index (χ3v) is 14.8. The number of ether oxygens (including phenoxy) is 2. The molecular weight excluding hydrogens is 568 g/mol. The molecule has 4 aliphatic carbocycles. The molecule has 5 aliphatic rings. The minimum Gasteiger partial charge on any atom is -0.478 e. The highest BCUT2D eigenvalue weighted by molar-refractivity contribution is 6.02. The standard InChI is InChI=1S/C38H56O7/c1-33(2)26-14-19-36(6)27(35(26,5)17-15-28(33)44-32(42)23-12-10-9-11-22(23)31(40)41)21-25(39)30-24(13-18-37(30,36)7)38(8)20-16-29(45-38)34(3,4)43/h9-12,24-30,39,43H,13-21H2,1-8H3,(H,40,41)/t24?,25-,26?,27-,28+,29-,30+,35+,36-,37-,38+/m1/s1. The number of esters is 1. The molecule has 1 aliphatic heterocycles. The SMILES string of the molecule is CC(C)(O)[C@H]1CC[C@@](C)(C2CC[C@]3(C)[C@@H]2[C@H](O)C[C@@H]2[C@@]4(C)CC[C@H](OC(=O)c5ccccc5C(=O)O)C(C)(C)C4CC[C@]23C)O1. The number of fused-ring (bicyclic) bond motifs is 5. The molecule has 5 fully saturated rings. The van der Waals surface area contributed by atoms with Crippen LogP contribution in [0, 0.1) is 45.3 Å². The first-order valence-electron chi connectivity index (χ1n) is 17.4. The molecule has 0 bridgehead atoms. The Labute approximate surface area is 269 Å². The van der Waals surface area contributed by atoms with Crippen molar-refractivity contribution in [2.24, 2.45) is 45.3 Å². The average Bonchev–Trinajstić information content (AvgIpc) is 3.54. The lowest BCUT2D eigenvalue weighted by Gasteiger charge is -2.70. The molecule has 1 aromatic rings. The highest BCUT2D eigenvalue weighted by Crippen LogP contribution is 2.76. The van der Waals surface area contributed by atoms with E-state index in [-0.39, 0.29) is 62.4 Å². The third-order valence-electron chi connectivity index (χ3n) is 14.8. The number of rotatable bonds is 5. The number of benzene rings is 1. The van der Waals surface area contributed by atoms with Gasteiger partial charge in [0.25, 0.3) is 0 Å². The summed E-state index contributed by atoms with van der Waals surface area (Å²) in [5.41, 5.74) is -1.45. The number of aromatic carboxylic acids is 1. The maximum absolute atomic E-state index is 13.4. The normalized spacial score (nSPS) is 45.7. The lowest BCUT2D eigenvalue weighted by molar-refractivity contribution is -0.248. The molecule has 6 rings (SSSR count). The van der Waals surface area contributed by atoms with Crippen molar-refractivity contribution in [2.75, 3.05) is 0 Å². The van der Waals surface area contributed by atoms with Gasteiger partial charge in [-0.3, -0.25) is 0 Å². The number of aliphatic hydroxyl groups is 2. The molecule has 45 heavy (non-hydrogen) atoms. The molecule has 2 unspecified atom stereocenters. The first kappa shape index (κ1) is 33.0. The van der Waals surface area contributed by atoms with Gasteiger partial charge in [0.05, 0.1) is 34.5 Å². The van der Waals surface area contributed by atoms with Crippen molar-refractivity contribution >= 4 is 11.9 Å². The Kier molecular flexibility index (Phi) is 7.71. The van der Waals surface area contributed by atoms with Gasteiger partial charge in [0.1, 0.15) is 6.10 Å². The van der Waals surface area contributed by atoms with Gasteiger partial charge in [-0.05, 0) is 131 Å². The number of carbonyl (C=O) groups is 2. The van der Waals surface area contributed by atoms with E-state index in [1.165, 1.54) is 12.1 Å². The van der Waals surface area contributed by atoms with E-state index in [2.05, 4.69) is 41.5 Å². The van der Waals surface area contributed by atoms with Gasteiger partial charge in [0.15, 0.2) is 0 Å². The van der Waals surface area contributed by atoms with Crippen molar-refractivity contribution in [1.29, 1.82) is 0 Å². The molecule has 11 atom stereocenters. The molecule has 7 heteroatoms. The van der Waals surface area contributed by atoms with Crippen molar-refractivity contribution in [2.45, 2.75) is 143 Å². The summed E-state index contributed by atoms with van der Waals surface area (Å²) in [6, 6.07) is 6.29. The summed E-state index contributed by atoms with van der Waals surface area (Å²) in [4.78, 5) is 25.1. The summed E-state index contributed by atoms with van der Waals surface area (Å²) in [6.45, 7) is 17.8. The number of carboxylic acid groups (broad SMARTS) is 1. The van der Waals surface area contributed by atoms with E-state index in [4.69, 9.17) is 9.47 Å². The van der Waals surface area contributed by atoms with Crippen molar-refractivity contribution in [3.63, 3.8) is 0 Å². The number of hydrogen-bond donors (Lipinski definition) is 3. The van der Waals surface area contributed by atoms with Gasteiger partial charge in [-0.2, -0.15) is 0 Å². The highest BCUT2D eigenvalue weighted by Gasteiger charge is 2.72. The Balaban J connectivity index is 1.25. The van der Waals surface area contributed by atoms with Gasteiger partial charge in [-0.1, -0.05) is 46.8 Å². The summed E-state index contributed by atoms with van der Waals surface area (Å²) < 4.78 is 12.9. The van der Waals surface area contributed by atoms with Crippen LogP contribution >= 0.6 is 0 Å². The van der Waals surface area contributed by atoms with Crippen LogP contribution in [0.5, 0.6) is 0 Å². The second kappa shape index (κ2) is 10.5. The summed E-state index contributed by atoms with van der Waals surface area (Å²) in [6.07, 6.45) is 7.47. The fraction of sp³-hybridized carbons (Fsp3) is 0.789. The van der Waals surface area contributed by atoms with Crippen LogP contribution in [0.25, 0.3) is 0 Å². The molecule has 4 saturated carbocycles. The Morgan fingerprint density at radius 1 is 0.867 bits per heavy atom. The Hall–Kier alpha value is -1.96. The third kappa shape index (κ3) is 4.76. The van der Waals surface area contributed by atoms with Gasteiger partial charge in [0, 0.05) is 5.41 Å². The zero-order chi connectivity index (χ0) is 33.0. The second-order valence-electron chi connectivity index (χ2n) is 17.7. The van der Waals surface area contributed by atoms with Crippen molar-refractivity contribution in [3.05, 3.63) is 35.4 Å². The van der Waals surface area contributed by atoms with E-state index < -0.39 is 23.6 Å². The van der Waals surface area contributed by atoms with E-state index in [0.717, 1.165) is 57.8 Å². The second-order valence-corrected chi connectivity index (χ2v) is 17.7. The lowest BCUT2D eigenvalue weighted by Crippen LogP contribution is -2.66. The molecule has 0 spiro atoms. The predicted molar refractivity (Wildman–Crippen MR) is 172 cm³/mol. The van der Waals surface area contributed by atoms with E-state index >= 15 is 0 Å². The van der Waals surface area contributed by atoms with Crippen LogP contribution in [0.15, 0.2) is 24.3 Å². The monoisotopic (exact) mass is 624 g/mol. The van der Waals surface area contributed by atoms with Crippen LogP contribution < -0.4 is 0 Å². The van der Waals surface area contributed by atoms with E-state index in [0.29, 0.717) is 11.8 Å². The largest absolute Gasteiger partial charge is 0.478 e. The number of carbonyl (C=O) groups excluding carboxylic acids is 1. The Morgan fingerprint density at radius 3 is 2.13 bits per heavy atom. The zero-order valence-electron chi connectivity index (χ0n) is 28.7. The van der Waals surface area contributed by atoms with Crippen LogP contribution in [0.2, 0.25) is 0 Å². The maximum Gasteiger partial charge on any atom is 0.339 e. The first-order valence-corrected chi connectivity index (χ1v) is 17.4. The van der Waals surface area contributed by atoms with Gasteiger partial charge < -0.3 is 24.8 Å². The van der Waals surface area contributed by atoms with Gasteiger partial charge in [-0.15, -0.1) is 0 Å². The van der Waals surface area contributed by atoms with Gasteiger partial charge >= 0.3 is 11.9 Å². The minimum atomic E-state index is -1.13. The highest BCUT2D eigenvalue weighted by atomic mass is 16.5. The molecule has 1 saturated heterocycles. The molecule has 0 amide bonds. The predicted octanol–water partition coefficient (Wildman–Crippen LogP) is 7.27. The van der Waals surface area contributed by atoms with Gasteiger partial charge in [0.2, 0.25) is 0 Å². The van der Waals surface area contributed by atoms with E-state index in [1.807, 2.05) is 13.8 Å². The average molecular weight is 625 g/mol. The number of carboxylic acids is 1. The fourth-order valence-corrected chi connectivity index (χ4v) is 12.3. The molecule has 0 aromatic heterocycles. The van der Waals surface area contributed by atoms with Crippen LogP contribution in [-0.4, -0.2) is 56.8 Å². The zero-order valence-corrected chi connectivity index (χ0v) is 28.7. The summed E-state index contributed by atoms with van der Waals surface area (Å²) in [7, 11) is 0. The maximum atomic E-state index is 13.4. The Morgan fingerprint density at radius 2 is 1.51 bits per heavy atom. The smallest absolute Gasteiger partial charge is 0.339 e. The minimum absolute atomic E-state index is 0.0226. The van der Waals surface area contributed by atoms with E-state index in [9.17, 15) is 24.9 Å². The Bertz CT molecular complexity index is 1350. The van der Waals surface area contributed by atoms with Crippen LogP contribution in [0.1, 0.15) is 134 Å². The fourth-order valence-electron chi connectivity index (χ4n) is 12.3. The van der Waals surface area contributed by atoms with E-state index in [1.54, 1.807) is 12.1 Å². The molecule has 250 valence electrons. The molecule has 1 aromatic carbocycles. The van der Waals surface area contributed by atoms with Crippen LogP contribution in [-0.2, 0) is 9.47 Å². The van der Waals surface area contributed by atoms with Crippen LogP contribution in [0.3, 0.4) is 0 Å². The summed E-state index contributed by atoms with van der Waals surface area (Å²) in [5, 5.41) is 32.5. The molecule has 1 heterocycles. The summed E-state index contributed by atoms with van der Waals surface area (Å²) >= 11 is 0. The van der Waals surface area contributed by atoms with Crippen LogP contribution in [0.4, 0.5) is 0 Å². The quantitative estimate of drug-likeness (QED) is 0.295. The number of hydrogen-bond acceptors (Lipinski definition) is 6. The number of aliphatic hydroxyl groups excluding tert-OH is 1. The molecule has 7 nitrogen and oxygen atoms in total. The lowest BCUT2D eigenvalue weighted by atomic mass is 9.35. The topological polar surface area (TPSA) is 113 Å². The molecule has 3 N–H and O–H groups in total. The first-order chi connectivity index (χ1) is 20.8. The summed E-state index contributed by atoms with van der Waals surface area (Å²) in [5.74, 6) is -0.643. The van der Waals surface area contributed by atoms with Crippen molar-refractivity contribution < 1.29 is 34.4 Å².